The number of hydrogen-bond donors (Lipinski definition) is 1. The molecule has 5 aromatic rings. The van der Waals surface area contributed by atoms with Crippen molar-refractivity contribution in [2.75, 3.05) is 12.1 Å². The molecule has 1 N–H and O–H groups in total. The second-order valence-electron chi connectivity index (χ2n) is 8.04. The van der Waals surface area contributed by atoms with Crippen molar-refractivity contribution in [3.8, 4) is 22.1 Å². The van der Waals surface area contributed by atoms with E-state index in [2.05, 4.69) is 24.4 Å². The molecular formula is C27H20N2O3S3. The molecule has 174 valence electrons. The molecule has 0 saturated heterocycles. The molecule has 3 aromatic heterocycles. The van der Waals surface area contributed by atoms with Crippen LogP contribution >= 0.6 is 34.0 Å². The van der Waals surface area contributed by atoms with E-state index < -0.39 is 0 Å². The number of amides is 1. The van der Waals surface area contributed by atoms with Crippen LogP contribution in [0, 0.1) is 6.92 Å². The zero-order valence-corrected chi connectivity index (χ0v) is 21.2. The number of carbonyl (C=O) groups excluding carboxylic acids is 1. The first kappa shape index (κ1) is 22.0. The molecule has 8 heteroatoms. The summed E-state index contributed by atoms with van der Waals surface area (Å²) in [6.45, 7) is 2.37. The maximum Gasteiger partial charge on any atom is 0.249 e. The minimum absolute atomic E-state index is 0.156. The highest BCUT2D eigenvalue weighted by atomic mass is 32.1. The lowest BCUT2D eigenvalue weighted by atomic mass is 10.1. The number of hydrogen-bond acceptors (Lipinski definition) is 7. The van der Waals surface area contributed by atoms with E-state index in [1.54, 1.807) is 40.1 Å². The molecule has 0 unspecified atom stereocenters. The number of rotatable bonds is 6. The summed E-state index contributed by atoms with van der Waals surface area (Å²) < 4.78 is 12.1. The van der Waals surface area contributed by atoms with Crippen molar-refractivity contribution in [3.05, 3.63) is 86.9 Å². The minimum Gasteiger partial charge on any atom is -0.454 e. The molecule has 0 radical (unpaired) electrons. The van der Waals surface area contributed by atoms with Crippen LogP contribution in [0.5, 0.6) is 11.5 Å². The van der Waals surface area contributed by atoms with Gasteiger partial charge in [0.2, 0.25) is 12.7 Å². The van der Waals surface area contributed by atoms with Gasteiger partial charge in [0, 0.05) is 27.8 Å². The van der Waals surface area contributed by atoms with Gasteiger partial charge >= 0.3 is 0 Å². The lowest BCUT2D eigenvalue weighted by Gasteiger charge is -2.04. The lowest BCUT2D eigenvalue weighted by Crippen LogP contribution is -2.07. The number of para-hydroxylation sites is 1. The van der Waals surface area contributed by atoms with Crippen molar-refractivity contribution in [1.82, 2.24) is 4.98 Å². The summed E-state index contributed by atoms with van der Waals surface area (Å²) in [7, 11) is 0. The number of aromatic nitrogens is 1. The standard InChI is InChI=1S/C27H20N2O3S3/c1-16-23(14-17-8-10-20-21(13-17)32-15-31-20)35-27(29-24(30)11-9-18-5-4-12-33-18)25(16)26-28-19-6-2-3-7-22(19)34-26/h2-13H,14-15H2,1H3,(H,29,30)/b11-9+. The second-order valence-corrected chi connectivity index (χ2v) is 11.2. The number of nitrogens with one attached hydrogen (secondary N) is 1. The number of ether oxygens (including phenoxy) is 2. The molecule has 4 heterocycles. The van der Waals surface area contributed by atoms with Crippen LogP contribution in [0.3, 0.4) is 0 Å². The van der Waals surface area contributed by atoms with E-state index in [1.807, 2.05) is 53.9 Å². The number of carbonyl (C=O) groups is 1. The largest absolute Gasteiger partial charge is 0.454 e. The first-order valence-corrected chi connectivity index (χ1v) is 13.5. The summed E-state index contributed by atoms with van der Waals surface area (Å²) in [5.41, 5.74) is 4.21. The van der Waals surface area contributed by atoms with Gasteiger partial charge in [0.15, 0.2) is 11.5 Å². The van der Waals surface area contributed by atoms with Crippen molar-refractivity contribution in [2.24, 2.45) is 0 Å². The van der Waals surface area contributed by atoms with Crippen LogP contribution in [0.2, 0.25) is 0 Å². The van der Waals surface area contributed by atoms with Crippen LogP contribution in [-0.4, -0.2) is 17.7 Å². The summed E-state index contributed by atoms with van der Waals surface area (Å²) in [5, 5.41) is 6.85. The fraction of sp³-hybridized carbons (Fsp3) is 0.111. The van der Waals surface area contributed by atoms with Gasteiger partial charge in [-0.3, -0.25) is 4.79 Å². The quantitative estimate of drug-likeness (QED) is 0.239. The van der Waals surface area contributed by atoms with Gasteiger partial charge in [-0.2, -0.15) is 0 Å². The van der Waals surface area contributed by atoms with Gasteiger partial charge in [0.25, 0.3) is 0 Å². The van der Waals surface area contributed by atoms with Gasteiger partial charge in [0.1, 0.15) is 10.0 Å². The Morgan fingerprint density at radius 1 is 1.09 bits per heavy atom. The number of benzene rings is 2. The third-order valence-corrected chi connectivity index (χ3v) is 8.83. The SMILES string of the molecule is Cc1c(Cc2ccc3c(c2)OCO3)sc(NC(=O)/C=C/c2cccs2)c1-c1nc2ccccc2s1. The zero-order valence-electron chi connectivity index (χ0n) is 18.7. The molecular weight excluding hydrogens is 497 g/mol. The Morgan fingerprint density at radius 2 is 1.97 bits per heavy atom. The zero-order chi connectivity index (χ0) is 23.8. The highest BCUT2D eigenvalue weighted by Crippen LogP contribution is 2.44. The van der Waals surface area contributed by atoms with Crippen LogP contribution in [0.1, 0.15) is 20.9 Å². The maximum absolute atomic E-state index is 12.8. The Balaban J connectivity index is 1.36. The van der Waals surface area contributed by atoms with Gasteiger partial charge in [-0.1, -0.05) is 24.3 Å². The normalized spacial score (nSPS) is 12.6. The van der Waals surface area contributed by atoms with Crippen LogP contribution in [0.15, 0.2) is 66.1 Å². The monoisotopic (exact) mass is 516 g/mol. The molecule has 0 fully saturated rings. The van der Waals surface area contributed by atoms with Gasteiger partial charge in [-0.15, -0.1) is 34.0 Å². The maximum atomic E-state index is 12.8. The van der Waals surface area contributed by atoms with E-state index in [9.17, 15) is 4.79 Å². The number of fused-ring (bicyclic) bond motifs is 2. The van der Waals surface area contributed by atoms with Crippen molar-refractivity contribution in [1.29, 1.82) is 0 Å². The van der Waals surface area contributed by atoms with Gasteiger partial charge in [0.05, 0.1) is 10.2 Å². The number of nitrogens with zero attached hydrogens (tertiary/aromatic N) is 1. The van der Waals surface area contributed by atoms with Crippen LogP contribution in [-0.2, 0) is 11.2 Å². The van der Waals surface area contributed by atoms with E-state index in [0.717, 1.165) is 59.7 Å². The number of thiophene rings is 2. The molecule has 5 nitrogen and oxygen atoms in total. The molecule has 0 spiro atoms. The molecule has 2 aromatic carbocycles. The molecule has 1 aliphatic rings. The summed E-state index contributed by atoms with van der Waals surface area (Å²) in [4.78, 5) is 19.9. The van der Waals surface area contributed by atoms with Crippen LogP contribution in [0.4, 0.5) is 5.00 Å². The van der Waals surface area contributed by atoms with Crippen molar-refractivity contribution in [2.45, 2.75) is 13.3 Å². The fourth-order valence-corrected chi connectivity index (χ4v) is 6.99. The lowest BCUT2D eigenvalue weighted by molar-refractivity contribution is -0.111. The molecule has 6 rings (SSSR count). The Bertz CT molecular complexity index is 1530. The van der Waals surface area contributed by atoms with E-state index in [-0.39, 0.29) is 12.7 Å². The van der Waals surface area contributed by atoms with Crippen molar-refractivity contribution >= 4 is 61.2 Å². The molecule has 0 aliphatic carbocycles. The molecule has 0 saturated carbocycles. The van der Waals surface area contributed by atoms with Crippen LogP contribution in [0.25, 0.3) is 26.9 Å². The third kappa shape index (κ3) is 4.48. The Morgan fingerprint density at radius 3 is 2.83 bits per heavy atom. The van der Waals surface area contributed by atoms with Crippen molar-refractivity contribution in [3.63, 3.8) is 0 Å². The Labute approximate surface area is 214 Å². The third-order valence-electron chi connectivity index (χ3n) is 5.73. The van der Waals surface area contributed by atoms with E-state index in [1.165, 1.54) is 4.88 Å². The van der Waals surface area contributed by atoms with Gasteiger partial charge < -0.3 is 14.8 Å². The predicted molar refractivity (Wildman–Crippen MR) is 145 cm³/mol. The van der Waals surface area contributed by atoms with Gasteiger partial charge in [-0.05, 0) is 59.8 Å². The molecule has 0 atom stereocenters. The average molecular weight is 517 g/mol. The van der Waals surface area contributed by atoms with Crippen LogP contribution < -0.4 is 14.8 Å². The molecule has 1 aliphatic heterocycles. The highest BCUT2D eigenvalue weighted by molar-refractivity contribution is 7.23. The Hall–Kier alpha value is -3.46. The van der Waals surface area contributed by atoms with Gasteiger partial charge in [-0.25, -0.2) is 4.98 Å². The minimum atomic E-state index is -0.156. The van der Waals surface area contributed by atoms with E-state index >= 15 is 0 Å². The molecule has 35 heavy (non-hydrogen) atoms. The summed E-state index contributed by atoms with van der Waals surface area (Å²) in [6.07, 6.45) is 4.15. The van der Waals surface area contributed by atoms with Crippen molar-refractivity contribution < 1.29 is 14.3 Å². The summed E-state index contributed by atoms with van der Waals surface area (Å²) >= 11 is 4.84. The first-order valence-electron chi connectivity index (χ1n) is 11.0. The van der Waals surface area contributed by atoms with E-state index in [4.69, 9.17) is 14.5 Å². The second kappa shape index (κ2) is 9.30. The number of anilines is 1. The highest BCUT2D eigenvalue weighted by Gasteiger charge is 2.22. The smallest absolute Gasteiger partial charge is 0.249 e. The molecule has 1 amide bonds. The Kier molecular flexibility index (Phi) is 5.85. The average Bonchev–Trinajstić information content (AvgIpc) is 3.65. The topological polar surface area (TPSA) is 60.5 Å². The van der Waals surface area contributed by atoms with E-state index in [0.29, 0.717) is 0 Å². The predicted octanol–water partition coefficient (Wildman–Crippen LogP) is 7.37. The summed E-state index contributed by atoms with van der Waals surface area (Å²) in [5.74, 6) is 1.39. The number of thiazole rings is 1. The fourth-order valence-electron chi connectivity index (χ4n) is 3.99. The molecule has 0 bridgehead atoms. The summed E-state index contributed by atoms with van der Waals surface area (Å²) in [6, 6.07) is 18.1. The first-order chi connectivity index (χ1) is 17.1.